The number of benzene rings is 2. The van der Waals surface area contributed by atoms with Crippen molar-refractivity contribution in [1.82, 2.24) is 9.97 Å². The van der Waals surface area contributed by atoms with Crippen molar-refractivity contribution in [1.29, 1.82) is 0 Å². The Morgan fingerprint density at radius 1 is 1.00 bits per heavy atom. The van der Waals surface area contributed by atoms with Gasteiger partial charge in [-0.1, -0.05) is 12.1 Å². The summed E-state index contributed by atoms with van der Waals surface area (Å²) in [5, 5.41) is 0. The van der Waals surface area contributed by atoms with Crippen LogP contribution in [-0.2, 0) is 0 Å². The van der Waals surface area contributed by atoms with Crippen LogP contribution in [0.2, 0.25) is 0 Å². The minimum atomic E-state index is 0.482. The molecule has 4 nitrogen and oxygen atoms in total. The first-order valence-electron chi connectivity index (χ1n) is 5.29. The van der Waals surface area contributed by atoms with Crippen LogP contribution in [0.25, 0.3) is 11.0 Å². The SMILES string of the molecule is Nc1ccc(Oc2nc3ccccc3[nH]2)cc1. The van der Waals surface area contributed by atoms with E-state index in [2.05, 4.69) is 9.97 Å². The van der Waals surface area contributed by atoms with Gasteiger partial charge in [0.15, 0.2) is 0 Å². The first-order valence-corrected chi connectivity index (χ1v) is 5.29. The Hall–Kier alpha value is -2.49. The highest BCUT2D eigenvalue weighted by Gasteiger charge is 2.03. The summed E-state index contributed by atoms with van der Waals surface area (Å²) in [4.78, 5) is 7.42. The van der Waals surface area contributed by atoms with Gasteiger partial charge in [-0.3, -0.25) is 0 Å². The lowest BCUT2D eigenvalue weighted by Gasteiger charge is -2.01. The van der Waals surface area contributed by atoms with E-state index >= 15 is 0 Å². The average molecular weight is 225 g/mol. The molecule has 0 saturated heterocycles. The third-order valence-corrected chi connectivity index (χ3v) is 2.46. The monoisotopic (exact) mass is 225 g/mol. The molecule has 1 aromatic heterocycles. The molecule has 0 aliphatic rings. The molecule has 3 N–H and O–H groups in total. The van der Waals surface area contributed by atoms with Crippen molar-refractivity contribution in [3.05, 3.63) is 48.5 Å². The third-order valence-electron chi connectivity index (χ3n) is 2.46. The first kappa shape index (κ1) is 9.72. The van der Waals surface area contributed by atoms with Crippen molar-refractivity contribution in [2.45, 2.75) is 0 Å². The fourth-order valence-electron chi connectivity index (χ4n) is 1.63. The van der Waals surface area contributed by atoms with Gasteiger partial charge in [0.2, 0.25) is 0 Å². The molecule has 3 aromatic rings. The summed E-state index contributed by atoms with van der Waals surface area (Å²) in [5.41, 5.74) is 8.16. The van der Waals surface area contributed by atoms with E-state index in [-0.39, 0.29) is 0 Å². The Morgan fingerprint density at radius 2 is 1.76 bits per heavy atom. The van der Waals surface area contributed by atoms with Gasteiger partial charge >= 0.3 is 0 Å². The molecule has 84 valence electrons. The fourth-order valence-corrected chi connectivity index (χ4v) is 1.63. The second kappa shape index (κ2) is 3.83. The van der Waals surface area contributed by atoms with Crippen LogP contribution in [0.4, 0.5) is 5.69 Å². The van der Waals surface area contributed by atoms with Crippen LogP contribution in [0.15, 0.2) is 48.5 Å². The molecule has 0 atom stereocenters. The second-order valence-corrected chi connectivity index (χ2v) is 3.73. The van der Waals surface area contributed by atoms with E-state index in [1.54, 1.807) is 12.1 Å². The Bertz CT molecular complexity index is 610. The maximum Gasteiger partial charge on any atom is 0.300 e. The molecule has 0 radical (unpaired) electrons. The molecule has 0 aliphatic carbocycles. The Balaban J connectivity index is 1.92. The van der Waals surface area contributed by atoms with Crippen LogP contribution in [0, 0.1) is 0 Å². The van der Waals surface area contributed by atoms with Crippen LogP contribution in [0.5, 0.6) is 11.8 Å². The molecule has 3 rings (SSSR count). The van der Waals surface area contributed by atoms with Crippen LogP contribution < -0.4 is 10.5 Å². The summed E-state index contributed by atoms with van der Waals surface area (Å²) in [7, 11) is 0. The highest BCUT2D eigenvalue weighted by atomic mass is 16.5. The fraction of sp³-hybridized carbons (Fsp3) is 0. The number of rotatable bonds is 2. The summed E-state index contributed by atoms with van der Waals surface area (Å²) in [6.07, 6.45) is 0. The van der Waals surface area contributed by atoms with Crippen LogP contribution in [-0.4, -0.2) is 9.97 Å². The number of nitrogens with two attached hydrogens (primary N) is 1. The summed E-state index contributed by atoms with van der Waals surface area (Å²) in [5.74, 6) is 0.707. The highest BCUT2D eigenvalue weighted by molar-refractivity contribution is 5.75. The van der Waals surface area contributed by atoms with E-state index in [0.717, 1.165) is 11.0 Å². The molecule has 0 fully saturated rings. The number of imidazole rings is 1. The van der Waals surface area contributed by atoms with Crippen molar-refractivity contribution in [2.75, 3.05) is 5.73 Å². The van der Waals surface area contributed by atoms with E-state index in [1.165, 1.54) is 0 Å². The largest absolute Gasteiger partial charge is 0.426 e. The zero-order valence-corrected chi connectivity index (χ0v) is 9.05. The van der Waals surface area contributed by atoms with Gasteiger partial charge in [0.25, 0.3) is 6.01 Å². The van der Waals surface area contributed by atoms with E-state index in [1.807, 2.05) is 36.4 Å². The van der Waals surface area contributed by atoms with Crippen molar-refractivity contribution in [2.24, 2.45) is 0 Å². The van der Waals surface area contributed by atoms with Crippen molar-refractivity contribution in [3.63, 3.8) is 0 Å². The number of para-hydroxylation sites is 2. The number of ether oxygens (including phenoxy) is 1. The number of H-pyrrole nitrogens is 1. The number of aromatic nitrogens is 2. The number of hydrogen-bond acceptors (Lipinski definition) is 3. The predicted octanol–water partition coefficient (Wildman–Crippen LogP) is 2.94. The normalized spacial score (nSPS) is 10.6. The molecule has 0 aliphatic heterocycles. The predicted molar refractivity (Wildman–Crippen MR) is 67.0 cm³/mol. The number of fused-ring (bicyclic) bond motifs is 1. The number of anilines is 1. The van der Waals surface area contributed by atoms with Gasteiger partial charge in [-0.2, -0.15) is 4.98 Å². The second-order valence-electron chi connectivity index (χ2n) is 3.73. The molecular weight excluding hydrogens is 214 g/mol. The quantitative estimate of drug-likeness (QED) is 0.659. The molecule has 0 bridgehead atoms. The van der Waals surface area contributed by atoms with Crippen molar-refractivity contribution < 1.29 is 4.74 Å². The zero-order valence-electron chi connectivity index (χ0n) is 9.05. The van der Waals surface area contributed by atoms with E-state index in [4.69, 9.17) is 10.5 Å². The number of nitrogens with one attached hydrogen (secondary N) is 1. The molecule has 0 spiro atoms. The first-order chi connectivity index (χ1) is 8.31. The zero-order chi connectivity index (χ0) is 11.7. The van der Waals surface area contributed by atoms with E-state index in [0.29, 0.717) is 17.4 Å². The lowest BCUT2D eigenvalue weighted by Crippen LogP contribution is -1.87. The molecular formula is C13H11N3O. The third kappa shape index (κ3) is 1.92. The Morgan fingerprint density at radius 3 is 2.53 bits per heavy atom. The van der Waals surface area contributed by atoms with E-state index in [9.17, 15) is 0 Å². The summed E-state index contributed by atoms with van der Waals surface area (Å²) >= 11 is 0. The van der Waals surface area contributed by atoms with Gasteiger partial charge in [0, 0.05) is 5.69 Å². The van der Waals surface area contributed by atoms with Crippen molar-refractivity contribution >= 4 is 16.7 Å². The Kier molecular flexibility index (Phi) is 2.19. The molecule has 4 heteroatoms. The van der Waals surface area contributed by atoms with E-state index < -0.39 is 0 Å². The summed E-state index contributed by atoms with van der Waals surface area (Å²) in [6.45, 7) is 0. The molecule has 0 saturated carbocycles. The van der Waals surface area contributed by atoms with Gasteiger partial charge in [0.05, 0.1) is 11.0 Å². The van der Waals surface area contributed by atoms with Crippen molar-refractivity contribution in [3.8, 4) is 11.8 Å². The Labute approximate surface area is 98.1 Å². The minimum Gasteiger partial charge on any atom is -0.426 e. The number of nitrogen functional groups attached to an aromatic ring is 1. The maximum atomic E-state index is 5.60. The number of aromatic amines is 1. The van der Waals surface area contributed by atoms with Gasteiger partial charge < -0.3 is 15.5 Å². The molecule has 0 amide bonds. The van der Waals surface area contributed by atoms with Crippen LogP contribution in [0.1, 0.15) is 0 Å². The number of hydrogen-bond donors (Lipinski definition) is 2. The lowest BCUT2D eigenvalue weighted by atomic mass is 10.3. The minimum absolute atomic E-state index is 0.482. The summed E-state index contributed by atoms with van der Waals surface area (Å²) in [6, 6.07) is 15.5. The van der Waals surface area contributed by atoms with Crippen LogP contribution >= 0.6 is 0 Å². The van der Waals surface area contributed by atoms with Gasteiger partial charge in [0.1, 0.15) is 5.75 Å². The van der Waals surface area contributed by atoms with Gasteiger partial charge in [-0.25, -0.2) is 0 Å². The highest BCUT2D eigenvalue weighted by Crippen LogP contribution is 2.22. The topological polar surface area (TPSA) is 63.9 Å². The summed E-state index contributed by atoms with van der Waals surface area (Å²) < 4.78 is 5.60. The van der Waals surface area contributed by atoms with Gasteiger partial charge in [-0.05, 0) is 36.4 Å². The molecule has 2 aromatic carbocycles. The lowest BCUT2D eigenvalue weighted by molar-refractivity contribution is 0.449. The van der Waals surface area contributed by atoms with Crippen LogP contribution in [0.3, 0.4) is 0 Å². The van der Waals surface area contributed by atoms with Gasteiger partial charge in [-0.15, -0.1) is 0 Å². The molecule has 0 unspecified atom stereocenters. The number of nitrogens with zero attached hydrogens (tertiary/aromatic N) is 1. The standard InChI is InChI=1S/C13H11N3O/c14-9-5-7-10(8-6-9)17-13-15-11-3-1-2-4-12(11)16-13/h1-8H,14H2,(H,15,16). The molecule has 1 heterocycles. The maximum absolute atomic E-state index is 5.60. The molecule has 17 heavy (non-hydrogen) atoms. The smallest absolute Gasteiger partial charge is 0.300 e. The average Bonchev–Trinajstić information content (AvgIpc) is 2.74.